The first-order chi connectivity index (χ1) is 12.7. The molecule has 1 heterocycles. The lowest BCUT2D eigenvalue weighted by Crippen LogP contribution is -2.11. The number of nitrogens with zero attached hydrogens (tertiary/aromatic N) is 3. The van der Waals surface area contributed by atoms with E-state index < -0.39 is 0 Å². The maximum Gasteiger partial charge on any atom is 0.257 e. The number of benzene rings is 2. The van der Waals surface area contributed by atoms with Gasteiger partial charge in [-0.2, -0.15) is 5.26 Å². The van der Waals surface area contributed by atoms with Gasteiger partial charge in [-0.25, -0.2) is 0 Å². The number of rotatable bonds is 5. The number of carbonyl (C=O) groups excluding carboxylic acids is 1. The van der Waals surface area contributed by atoms with Crippen LogP contribution in [-0.4, -0.2) is 23.2 Å². The topological polar surface area (TPSA) is 87.9 Å². The van der Waals surface area contributed by atoms with Crippen LogP contribution < -0.4 is 10.1 Å². The highest BCUT2D eigenvalue weighted by atomic mass is 32.1. The third-order valence-corrected chi connectivity index (χ3v) is 4.33. The van der Waals surface area contributed by atoms with Crippen LogP contribution in [0.3, 0.4) is 0 Å². The van der Waals surface area contributed by atoms with E-state index in [9.17, 15) is 10.1 Å². The molecule has 3 rings (SSSR count). The molecule has 0 saturated heterocycles. The molecule has 6 nitrogen and oxygen atoms in total. The third kappa shape index (κ3) is 4.12. The highest BCUT2D eigenvalue weighted by molar-refractivity contribution is 7.16. The molecule has 1 aromatic heterocycles. The number of allylic oxidation sites excluding steroid dienone is 1. The van der Waals surface area contributed by atoms with Gasteiger partial charge >= 0.3 is 0 Å². The molecule has 0 fully saturated rings. The summed E-state index contributed by atoms with van der Waals surface area (Å²) in [4.78, 5) is 12.2. The molecule has 0 radical (unpaired) electrons. The molecule has 1 N–H and O–H groups in total. The van der Waals surface area contributed by atoms with Gasteiger partial charge in [0.2, 0.25) is 5.13 Å². The normalized spacial score (nSPS) is 10.8. The van der Waals surface area contributed by atoms with Crippen LogP contribution in [0.4, 0.5) is 5.13 Å². The number of aromatic nitrogens is 2. The van der Waals surface area contributed by atoms with E-state index in [4.69, 9.17) is 4.74 Å². The standard InChI is InChI=1S/C19H14N4O2S/c1-25-16-9-7-13(8-10-16)11-15(12-20)18-22-23-19(26-18)21-17(24)14-5-3-2-4-6-14/h2-11H,1H3,(H,21,23,24)/b15-11+. The Bertz CT molecular complexity index is 973. The Labute approximate surface area is 154 Å². The summed E-state index contributed by atoms with van der Waals surface area (Å²) in [6, 6.07) is 18.3. The fourth-order valence-corrected chi connectivity index (χ4v) is 2.85. The van der Waals surface area contributed by atoms with Crippen molar-refractivity contribution < 1.29 is 9.53 Å². The lowest BCUT2D eigenvalue weighted by molar-refractivity contribution is 0.102. The molecule has 0 bridgehead atoms. The van der Waals surface area contributed by atoms with Crippen LogP contribution in [0.1, 0.15) is 20.9 Å². The molecule has 3 aromatic rings. The van der Waals surface area contributed by atoms with Gasteiger partial charge in [0.05, 0.1) is 12.7 Å². The number of ether oxygens (including phenoxy) is 1. The molecule has 2 aromatic carbocycles. The van der Waals surface area contributed by atoms with Crippen molar-refractivity contribution in [3.63, 3.8) is 0 Å². The number of methoxy groups -OCH3 is 1. The van der Waals surface area contributed by atoms with E-state index in [-0.39, 0.29) is 5.91 Å². The van der Waals surface area contributed by atoms with Gasteiger partial charge in [0.1, 0.15) is 11.8 Å². The molecule has 0 aliphatic carbocycles. The van der Waals surface area contributed by atoms with E-state index in [1.165, 1.54) is 0 Å². The van der Waals surface area contributed by atoms with Gasteiger partial charge in [-0.1, -0.05) is 41.7 Å². The van der Waals surface area contributed by atoms with E-state index in [1.807, 2.05) is 30.3 Å². The largest absolute Gasteiger partial charge is 0.497 e. The highest BCUT2D eigenvalue weighted by Crippen LogP contribution is 2.25. The van der Waals surface area contributed by atoms with Crippen molar-refractivity contribution in [1.82, 2.24) is 10.2 Å². The van der Waals surface area contributed by atoms with Crippen molar-refractivity contribution in [2.75, 3.05) is 12.4 Å². The molecule has 0 spiro atoms. The second kappa shape index (κ2) is 8.05. The molecule has 7 heteroatoms. The average molecular weight is 362 g/mol. The van der Waals surface area contributed by atoms with Crippen LogP contribution in [0, 0.1) is 11.3 Å². The van der Waals surface area contributed by atoms with E-state index in [2.05, 4.69) is 21.6 Å². The van der Waals surface area contributed by atoms with Crippen LogP contribution in [0.25, 0.3) is 11.6 Å². The zero-order valence-corrected chi connectivity index (χ0v) is 14.7. The molecule has 0 aliphatic rings. The zero-order valence-electron chi connectivity index (χ0n) is 13.8. The minimum atomic E-state index is -0.272. The molecule has 26 heavy (non-hydrogen) atoms. The summed E-state index contributed by atoms with van der Waals surface area (Å²) in [5, 5.41) is 20.8. The van der Waals surface area contributed by atoms with E-state index in [1.54, 1.807) is 37.5 Å². The van der Waals surface area contributed by atoms with Crippen LogP contribution >= 0.6 is 11.3 Å². The Kier molecular flexibility index (Phi) is 5.37. The Balaban J connectivity index is 1.77. The average Bonchev–Trinajstić information content (AvgIpc) is 3.15. The molecule has 128 valence electrons. The lowest BCUT2D eigenvalue weighted by atomic mass is 10.1. The molecule has 0 saturated carbocycles. The lowest BCUT2D eigenvalue weighted by Gasteiger charge is -2.00. The van der Waals surface area contributed by atoms with Gasteiger partial charge < -0.3 is 4.74 Å². The van der Waals surface area contributed by atoms with Gasteiger partial charge in [0, 0.05) is 5.56 Å². The maximum absolute atomic E-state index is 12.2. The van der Waals surface area contributed by atoms with Gasteiger partial charge in [-0.3, -0.25) is 10.1 Å². The number of anilines is 1. The number of amides is 1. The minimum Gasteiger partial charge on any atom is -0.497 e. The summed E-state index contributed by atoms with van der Waals surface area (Å²) in [5.41, 5.74) is 1.74. The Hall–Kier alpha value is -3.50. The summed E-state index contributed by atoms with van der Waals surface area (Å²) in [6.07, 6.45) is 1.71. The second-order valence-corrected chi connectivity index (χ2v) is 6.15. The summed E-state index contributed by atoms with van der Waals surface area (Å²) in [7, 11) is 1.60. The Morgan fingerprint density at radius 3 is 2.54 bits per heavy atom. The van der Waals surface area contributed by atoms with E-state index in [0.29, 0.717) is 21.3 Å². The van der Waals surface area contributed by atoms with Gasteiger partial charge in [-0.05, 0) is 35.9 Å². The SMILES string of the molecule is COc1ccc(/C=C(\C#N)c2nnc(NC(=O)c3ccccc3)s2)cc1. The molecule has 0 atom stereocenters. The maximum atomic E-state index is 12.2. The van der Waals surface area contributed by atoms with Gasteiger partial charge in [0.15, 0.2) is 5.01 Å². The Morgan fingerprint density at radius 2 is 1.88 bits per heavy atom. The van der Waals surface area contributed by atoms with Crippen LogP contribution in [0.5, 0.6) is 5.75 Å². The number of carbonyl (C=O) groups is 1. The monoisotopic (exact) mass is 362 g/mol. The van der Waals surface area contributed by atoms with Crippen LogP contribution in [0.2, 0.25) is 0 Å². The van der Waals surface area contributed by atoms with Gasteiger partial charge in [0.25, 0.3) is 5.91 Å². The summed E-state index contributed by atoms with van der Waals surface area (Å²) in [5.74, 6) is 0.466. The van der Waals surface area contributed by atoms with Crippen LogP contribution in [-0.2, 0) is 0 Å². The van der Waals surface area contributed by atoms with E-state index in [0.717, 1.165) is 22.6 Å². The first-order valence-corrected chi connectivity index (χ1v) is 8.47. The molecule has 0 unspecified atom stereocenters. The van der Waals surface area contributed by atoms with Crippen LogP contribution in [0.15, 0.2) is 54.6 Å². The Morgan fingerprint density at radius 1 is 1.15 bits per heavy atom. The number of nitrogens with one attached hydrogen (secondary N) is 1. The quantitative estimate of drug-likeness (QED) is 0.696. The van der Waals surface area contributed by atoms with Crippen molar-refractivity contribution in [1.29, 1.82) is 5.26 Å². The zero-order chi connectivity index (χ0) is 18.4. The smallest absolute Gasteiger partial charge is 0.257 e. The predicted molar refractivity (Wildman–Crippen MR) is 101 cm³/mol. The summed E-state index contributed by atoms with van der Waals surface area (Å²) < 4.78 is 5.12. The fraction of sp³-hybridized carbons (Fsp3) is 0.0526. The fourth-order valence-electron chi connectivity index (χ4n) is 2.15. The van der Waals surface area contributed by atoms with Crippen molar-refractivity contribution in [2.24, 2.45) is 0 Å². The second-order valence-electron chi connectivity index (χ2n) is 5.18. The number of nitriles is 1. The first-order valence-electron chi connectivity index (χ1n) is 7.65. The van der Waals surface area contributed by atoms with Crippen molar-refractivity contribution in [2.45, 2.75) is 0 Å². The van der Waals surface area contributed by atoms with E-state index >= 15 is 0 Å². The van der Waals surface area contributed by atoms with Crippen molar-refractivity contribution in [3.05, 3.63) is 70.7 Å². The third-order valence-electron chi connectivity index (χ3n) is 3.46. The molecular weight excluding hydrogens is 348 g/mol. The molecular formula is C19H14N4O2S. The van der Waals surface area contributed by atoms with Gasteiger partial charge in [-0.15, -0.1) is 10.2 Å². The summed E-state index contributed by atoms with van der Waals surface area (Å²) >= 11 is 1.15. The van der Waals surface area contributed by atoms with Crippen molar-refractivity contribution >= 4 is 34.0 Å². The minimum absolute atomic E-state index is 0.272. The molecule has 0 aliphatic heterocycles. The number of hydrogen-bond acceptors (Lipinski definition) is 6. The number of hydrogen-bond donors (Lipinski definition) is 1. The predicted octanol–water partition coefficient (Wildman–Crippen LogP) is 3.86. The first kappa shape index (κ1) is 17.3. The van der Waals surface area contributed by atoms with Crippen molar-refractivity contribution in [3.8, 4) is 11.8 Å². The molecule has 1 amide bonds. The summed E-state index contributed by atoms with van der Waals surface area (Å²) in [6.45, 7) is 0. The highest BCUT2D eigenvalue weighted by Gasteiger charge is 2.12.